The maximum atomic E-state index is 13.2. The van der Waals surface area contributed by atoms with Crippen molar-refractivity contribution in [1.82, 2.24) is 9.47 Å². The third-order valence-electron chi connectivity index (χ3n) is 5.71. The number of amides is 1. The van der Waals surface area contributed by atoms with Crippen LogP contribution in [0.5, 0.6) is 0 Å². The van der Waals surface area contributed by atoms with Gasteiger partial charge in [-0.3, -0.25) is 4.79 Å². The minimum atomic E-state index is 0.0949. The number of carbonyl (C=O) groups excluding carboxylic acids is 1. The average molecular weight is 385 g/mol. The number of aromatic nitrogens is 1. The van der Waals surface area contributed by atoms with Crippen LogP contribution >= 0.6 is 0 Å². The molecule has 3 aromatic rings. The van der Waals surface area contributed by atoms with Crippen LogP contribution in [0.3, 0.4) is 0 Å². The Hall–Kier alpha value is -3.07. The van der Waals surface area contributed by atoms with Crippen molar-refractivity contribution < 1.29 is 4.79 Å². The molecule has 1 saturated carbocycles. The minimum Gasteiger partial charge on any atom is -0.345 e. The summed E-state index contributed by atoms with van der Waals surface area (Å²) >= 11 is 0. The fourth-order valence-corrected chi connectivity index (χ4v) is 4.11. The summed E-state index contributed by atoms with van der Waals surface area (Å²) in [5.74, 6) is 0.690. The van der Waals surface area contributed by atoms with Crippen molar-refractivity contribution in [3.8, 4) is 0 Å². The number of aryl methyl sites for hydroxylation is 1. The molecule has 2 atom stereocenters. The van der Waals surface area contributed by atoms with Gasteiger partial charge in [0.1, 0.15) is 0 Å². The molecule has 1 aliphatic carbocycles. The van der Waals surface area contributed by atoms with Gasteiger partial charge in [0, 0.05) is 30.9 Å². The van der Waals surface area contributed by atoms with E-state index < -0.39 is 0 Å². The van der Waals surface area contributed by atoms with E-state index in [0.29, 0.717) is 19.0 Å². The van der Waals surface area contributed by atoms with Crippen molar-refractivity contribution in [2.75, 3.05) is 6.54 Å². The topological polar surface area (TPSA) is 25.2 Å². The second kappa shape index (κ2) is 8.52. The number of nitrogens with zero attached hydrogens (tertiary/aromatic N) is 2. The Morgan fingerprint density at radius 2 is 1.97 bits per heavy atom. The van der Waals surface area contributed by atoms with Crippen LogP contribution in [0.15, 0.2) is 85.6 Å². The highest BCUT2D eigenvalue weighted by Crippen LogP contribution is 2.48. The van der Waals surface area contributed by atoms with Gasteiger partial charge < -0.3 is 9.47 Å². The molecule has 2 unspecified atom stereocenters. The monoisotopic (exact) mass is 384 g/mol. The zero-order valence-electron chi connectivity index (χ0n) is 17.0. The standard InChI is InChI=1S/C26H28N2O/c1-3-14-28(26(29)25-17-24(25)22-11-5-4-6-12-22)19-23-13-8-15-27(23)18-21-10-7-9-20(2)16-21/h3-13,15-16,24-25H,1,14,17-19H2,2H3. The SMILES string of the molecule is C=CCN(Cc1cccn1Cc1cccc(C)c1)C(=O)C1CC1c1ccccc1. The van der Waals surface area contributed by atoms with Gasteiger partial charge in [-0.25, -0.2) is 0 Å². The lowest BCUT2D eigenvalue weighted by Crippen LogP contribution is -2.33. The van der Waals surface area contributed by atoms with Crippen LogP contribution < -0.4 is 0 Å². The summed E-state index contributed by atoms with van der Waals surface area (Å²) in [4.78, 5) is 15.1. The van der Waals surface area contributed by atoms with Gasteiger partial charge in [0.25, 0.3) is 0 Å². The van der Waals surface area contributed by atoms with Crippen LogP contribution in [0.25, 0.3) is 0 Å². The molecule has 1 amide bonds. The fourth-order valence-electron chi connectivity index (χ4n) is 4.11. The third kappa shape index (κ3) is 4.51. The molecule has 0 N–H and O–H groups in total. The molecule has 0 radical (unpaired) electrons. The Labute approximate surface area is 173 Å². The molecule has 0 saturated heterocycles. The van der Waals surface area contributed by atoms with Crippen molar-refractivity contribution >= 4 is 5.91 Å². The van der Waals surface area contributed by atoms with Gasteiger partial charge >= 0.3 is 0 Å². The molecule has 0 aliphatic heterocycles. The van der Waals surface area contributed by atoms with Crippen LogP contribution in [-0.4, -0.2) is 21.9 Å². The van der Waals surface area contributed by atoms with Crippen molar-refractivity contribution in [2.24, 2.45) is 5.92 Å². The van der Waals surface area contributed by atoms with Gasteiger partial charge in [0.05, 0.1) is 6.54 Å². The molecular weight excluding hydrogens is 356 g/mol. The third-order valence-corrected chi connectivity index (χ3v) is 5.71. The van der Waals surface area contributed by atoms with Crippen LogP contribution in [0.1, 0.15) is 34.7 Å². The molecule has 29 heavy (non-hydrogen) atoms. The number of carbonyl (C=O) groups is 1. The van der Waals surface area contributed by atoms with Gasteiger partial charge in [0.15, 0.2) is 0 Å². The molecule has 0 spiro atoms. The van der Waals surface area contributed by atoms with E-state index >= 15 is 0 Å². The van der Waals surface area contributed by atoms with Crippen molar-refractivity contribution in [3.05, 3.63) is 108 Å². The molecule has 1 aliphatic rings. The zero-order valence-corrected chi connectivity index (χ0v) is 17.0. The summed E-state index contributed by atoms with van der Waals surface area (Å²) in [7, 11) is 0. The first-order valence-electron chi connectivity index (χ1n) is 10.3. The van der Waals surface area contributed by atoms with E-state index in [2.05, 4.69) is 84.9 Å². The molecule has 4 rings (SSSR count). The Kier molecular flexibility index (Phi) is 5.66. The predicted molar refractivity (Wildman–Crippen MR) is 118 cm³/mol. The smallest absolute Gasteiger partial charge is 0.226 e. The molecule has 2 aromatic carbocycles. The van der Waals surface area contributed by atoms with E-state index in [4.69, 9.17) is 0 Å². The van der Waals surface area contributed by atoms with Crippen LogP contribution in [0.4, 0.5) is 0 Å². The van der Waals surface area contributed by atoms with Crippen LogP contribution in [-0.2, 0) is 17.9 Å². The summed E-state index contributed by atoms with van der Waals surface area (Å²) in [5.41, 5.74) is 4.96. The molecule has 148 valence electrons. The van der Waals surface area contributed by atoms with E-state index in [9.17, 15) is 4.79 Å². The summed E-state index contributed by atoms with van der Waals surface area (Å²) in [6.07, 6.45) is 4.87. The van der Waals surface area contributed by atoms with E-state index in [0.717, 1.165) is 18.7 Å². The van der Waals surface area contributed by atoms with Gasteiger partial charge in [-0.15, -0.1) is 6.58 Å². The maximum absolute atomic E-state index is 13.2. The van der Waals surface area contributed by atoms with Crippen molar-refractivity contribution in [3.63, 3.8) is 0 Å². The molecule has 3 heteroatoms. The first-order chi connectivity index (χ1) is 14.2. The summed E-state index contributed by atoms with van der Waals surface area (Å²) in [6, 6.07) is 23.1. The molecule has 3 nitrogen and oxygen atoms in total. The zero-order chi connectivity index (χ0) is 20.2. The Morgan fingerprint density at radius 3 is 2.72 bits per heavy atom. The number of benzene rings is 2. The average Bonchev–Trinajstić information content (AvgIpc) is 3.42. The summed E-state index contributed by atoms with van der Waals surface area (Å²) < 4.78 is 2.24. The molecule has 1 heterocycles. The molecular formula is C26H28N2O. The lowest BCUT2D eigenvalue weighted by molar-refractivity contribution is -0.132. The highest BCUT2D eigenvalue weighted by molar-refractivity contribution is 5.83. The van der Waals surface area contributed by atoms with E-state index in [1.54, 1.807) is 0 Å². The molecule has 1 aromatic heterocycles. The van der Waals surface area contributed by atoms with E-state index in [1.807, 2.05) is 17.0 Å². The Bertz CT molecular complexity index is 989. The summed E-state index contributed by atoms with van der Waals surface area (Å²) in [5, 5.41) is 0. The largest absolute Gasteiger partial charge is 0.345 e. The van der Waals surface area contributed by atoms with Gasteiger partial charge in [-0.2, -0.15) is 0 Å². The van der Waals surface area contributed by atoms with Gasteiger partial charge in [-0.1, -0.05) is 66.2 Å². The fraction of sp³-hybridized carbons (Fsp3) is 0.269. The summed E-state index contributed by atoms with van der Waals surface area (Å²) in [6.45, 7) is 7.99. The number of hydrogen-bond acceptors (Lipinski definition) is 1. The highest BCUT2D eigenvalue weighted by Gasteiger charge is 2.45. The van der Waals surface area contributed by atoms with E-state index in [-0.39, 0.29) is 11.8 Å². The first-order valence-corrected chi connectivity index (χ1v) is 10.3. The Morgan fingerprint density at radius 1 is 1.14 bits per heavy atom. The normalized spacial score (nSPS) is 17.7. The highest BCUT2D eigenvalue weighted by atomic mass is 16.2. The lowest BCUT2D eigenvalue weighted by Gasteiger charge is -2.23. The number of rotatable bonds is 8. The second-order valence-corrected chi connectivity index (χ2v) is 7.98. The molecule has 0 bridgehead atoms. The van der Waals surface area contributed by atoms with Crippen molar-refractivity contribution in [1.29, 1.82) is 0 Å². The van der Waals surface area contributed by atoms with Crippen LogP contribution in [0, 0.1) is 12.8 Å². The Balaban J connectivity index is 1.46. The second-order valence-electron chi connectivity index (χ2n) is 7.98. The minimum absolute atomic E-state index is 0.0949. The lowest BCUT2D eigenvalue weighted by atomic mass is 10.1. The van der Waals surface area contributed by atoms with E-state index in [1.165, 1.54) is 16.7 Å². The maximum Gasteiger partial charge on any atom is 0.226 e. The number of hydrogen-bond donors (Lipinski definition) is 0. The van der Waals surface area contributed by atoms with Crippen molar-refractivity contribution in [2.45, 2.75) is 32.4 Å². The quantitative estimate of drug-likeness (QED) is 0.492. The predicted octanol–water partition coefficient (Wildman–Crippen LogP) is 5.16. The van der Waals surface area contributed by atoms with Crippen LogP contribution in [0.2, 0.25) is 0 Å². The molecule has 1 fully saturated rings. The van der Waals surface area contributed by atoms with Gasteiger partial charge in [0.2, 0.25) is 5.91 Å². The van der Waals surface area contributed by atoms with Gasteiger partial charge in [-0.05, 0) is 42.5 Å². The first kappa shape index (κ1) is 19.3.